The zero-order valence-electron chi connectivity index (χ0n) is 15.3. The van der Waals surface area contributed by atoms with Crippen LogP contribution in [-0.2, 0) is 0 Å². The first kappa shape index (κ1) is 18.2. The summed E-state index contributed by atoms with van der Waals surface area (Å²) in [4.78, 5) is 18.9. The van der Waals surface area contributed by atoms with Gasteiger partial charge in [-0.15, -0.1) is 0 Å². The number of carbonyl (C=O) groups is 1. The van der Waals surface area contributed by atoms with Crippen molar-refractivity contribution in [2.75, 3.05) is 16.8 Å². The summed E-state index contributed by atoms with van der Waals surface area (Å²) >= 11 is 0. The highest BCUT2D eigenvalue weighted by molar-refractivity contribution is 6.03. The van der Waals surface area contributed by atoms with Gasteiger partial charge in [0.05, 0.1) is 23.5 Å². The predicted molar refractivity (Wildman–Crippen MR) is 107 cm³/mol. The number of pyridine rings is 1. The van der Waals surface area contributed by atoms with E-state index in [2.05, 4.69) is 53.3 Å². The van der Waals surface area contributed by atoms with E-state index in [-0.39, 0.29) is 5.91 Å². The van der Waals surface area contributed by atoms with Gasteiger partial charge in [0.2, 0.25) is 0 Å². The molecule has 134 valence electrons. The summed E-state index contributed by atoms with van der Waals surface area (Å²) < 4.78 is 0. The number of anilines is 3. The van der Waals surface area contributed by atoms with Crippen molar-refractivity contribution in [1.82, 2.24) is 4.98 Å². The highest BCUT2D eigenvalue weighted by Gasteiger charge is 2.11. The maximum atomic E-state index is 12.4. The molecule has 0 aliphatic rings. The highest BCUT2D eigenvalue weighted by atomic mass is 16.1. The van der Waals surface area contributed by atoms with E-state index in [1.807, 2.05) is 12.1 Å². The summed E-state index contributed by atoms with van der Waals surface area (Å²) in [5.41, 5.74) is 4.58. The molecule has 1 aromatic heterocycles. The number of nitrogens with zero attached hydrogens (tertiary/aromatic N) is 3. The Labute approximate surface area is 158 Å². The summed E-state index contributed by atoms with van der Waals surface area (Å²) in [7, 11) is 0. The van der Waals surface area contributed by atoms with E-state index in [4.69, 9.17) is 5.26 Å². The normalized spacial score (nSPS) is 10.1. The van der Waals surface area contributed by atoms with E-state index in [9.17, 15) is 4.79 Å². The molecular weight excluding hydrogens is 336 g/mol. The number of carbonyl (C=O) groups excluding carboxylic acids is 1. The number of nitriles is 1. The van der Waals surface area contributed by atoms with Crippen LogP contribution >= 0.6 is 0 Å². The molecule has 1 N–H and O–H groups in total. The van der Waals surface area contributed by atoms with Gasteiger partial charge in [-0.2, -0.15) is 5.26 Å². The Bertz CT molecular complexity index is 990. The number of nitrogens with one attached hydrogen (secondary N) is 1. The van der Waals surface area contributed by atoms with Crippen molar-refractivity contribution >= 4 is 23.0 Å². The Morgan fingerprint density at radius 2 is 1.93 bits per heavy atom. The van der Waals surface area contributed by atoms with E-state index >= 15 is 0 Å². The largest absolute Gasteiger partial charge is 0.341 e. The standard InChI is InChI=1S/C22H20N4O/c1-3-26(19-9-4-6-16(2)12-19)20-10-11-21(24-15-20)22(27)25-18-8-5-7-17(13-18)14-23/h4-13,15H,3H2,1-2H3,(H,25,27). The second-order valence-electron chi connectivity index (χ2n) is 6.13. The van der Waals surface area contributed by atoms with Crippen molar-refractivity contribution in [2.24, 2.45) is 0 Å². The fourth-order valence-electron chi connectivity index (χ4n) is 2.85. The smallest absolute Gasteiger partial charge is 0.274 e. The first-order valence-electron chi connectivity index (χ1n) is 8.72. The molecule has 0 spiro atoms. The number of aryl methyl sites for hydroxylation is 1. The molecule has 27 heavy (non-hydrogen) atoms. The zero-order valence-corrected chi connectivity index (χ0v) is 15.3. The molecule has 1 amide bonds. The van der Waals surface area contributed by atoms with Crippen molar-refractivity contribution in [3.05, 3.63) is 83.7 Å². The lowest BCUT2D eigenvalue weighted by Gasteiger charge is -2.23. The van der Waals surface area contributed by atoms with Crippen molar-refractivity contribution in [3.8, 4) is 6.07 Å². The molecule has 0 atom stereocenters. The molecule has 3 aromatic rings. The number of benzene rings is 2. The van der Waals surface area contributed by atoms with Gasteiger partial charge < -0.3 is 10.2 Å². The summed E-state index contributed by atoms with van der Waals surface area (Å²) in [5.74, 6) is -0.310. The minimum absolute atomic E-state index is 0.310. The van der Waals surface area contributed by atoms with Crippen LogP contribution in [-0.4, -0.2) is 17.4 Å². The zero-order chi connectivity index (χ0) is 19.2. The van der Waals surface area contributed by atoms with Crippen molar-refractivity contribution < 1.29 is 4.79 Å². The molecule has 0 aliphatic carbocycles. The molecular formula is C22H20N4O. The molecule has 1 heterocycles. The molecule has 0 unspecified atom stereocenters. The number of aromatic nitrogens is 1. The first-order chi connectivity index (χ1) is 13.1. The number of rotatable bonds is 5. The van der Waals surface area contributed by atoms with Crippen LogP contribution in [0.3, 0.4) is 0 Å². The van der Waals surface area contributed by atoms with E-state index in [0.29, 0.717) is 16.9 Å². The lowest BCUT2D eigenvalue weighted by atomic mass is 10.2. The molecule has 0 radical (unpaired) electrons. The molecule has 0 aliphatic heterocycles. The molecule has 2 aromatic carbocycles. The second kappa shape index (κ2) is 8.15. The van der Waals surface area contributed by atoms with Crippen LogP contribution in [0.1, 0.15) is 28.5 Å². The Morgan fingerprint density at radius 3 is 2.59 bits per heavy atom. The topological polar surface area (TPSA) is 69.0 Å². The fourth-order valence-corrected chi connectivity index (χ4v) is 2.85. The minimum Gasteiger partial charge on any atom is -0.341 e. The van der Waals surface area contributed by atoms with Crippen molar-refractivity contribution in [2.45, 2.75) is 13.8 Å². The summed E-state index contributed by atoms with van der Waals surface area (Å²) in [6.07, 6.45) is 1.70. The highest BCUT2D eigenvalue weighted by Crippen LogP contribution is 2.25. The maximum Gasteiger partial charge on any atom is 0.274 e. The van der Waals surface area contributed by atoms with Gasteiger partial charge in [-0.1, -0.05) is 18.2 Å². The van der Waals surface area contributed by atoms with E-state index in [1.54, 1.807) is 36.5 Å². The quantitative estimate of drug-likeness (QED) is 0.721. The fraction of sp³-hybridized carbons (Fsp3) is 0.136. The van der Waals surface area contributed by atoms with Gasteiger partial charge in [-0.3, -0.25) is 4.79 Å². The van der Waals surface area contributed by atoms with Crippen molar-refractivity contribution in [1.29, 1.82) is 5.26 Å². The Hall–Kier alpha value is -3.65. The molecule has 0 saturated heterocycles. The lowest BCUT2D eigenvalue weighted by molar-refractivity contribution is 0.102. The monoisotopic (exact) mass is 356 g/mol. The molecule has 5 heteroatoms. The molecule has 0 fully saturated rings. The Balaban J connectivity index is 1.77. The van der Waals surface area contributed by atoms with Crippen molar-refractivity contribution in [3.63, 3.8) is 0 Å². The average Bonchev–Trinajstić information content (AvgIpc) is 2.69. The van der Waals surface area contributed by atoms with Crippen LogP contribution in [0.4, 0.5) is 17.1 Å². The number of hydrogen-bond donors (Lipinski definition) is 1. The van der Waals surface area contributed by atoms with Crippen LogP contribution in [0.25, 0.3) is 0 Å². The van der Waals surface area contributed by atoms with Gasteiger partial charge in [0.1, 0.15) is 5.69 Å². The average molecular weight is 356 g/mol. The Kier molecular flexibility index (Phi) is 5.48. The van der Waals surface area contributed by atoms with Gasteiger partial charge in [-0.25, -0.2) is 4.98 Å². The van der Waals surface area contributed by atoms with E-state index < -0.39 is 0 Å². The molecule has 0 bridgehead atoms. The second-order valence-corrected chi connectivity index (χ2v) is 6.13. The maximum absolute atomic E-state index is 12.4. The van der Waals surface area contributed by atoms with E-state index in [1.165, 1.54) is 5.56 Å². The SMILES string of the molecule is CCN(c1ccc(C(=O)Nc2cccc(C#N)c2)nc1)c1cccc(C)c1. The third-order valence-electron chi connectivity index (χ3n) is 4.17. The van der Waals surface area contributed by atoms with Crippen LogP contribution in [0.15, 0.2) is 66.9 Å². The van der Waals surface area contributed by atoms with E-state index in [0.717, 1.165) is 17.9 Å². The summed E-state index contributed by atoms with van der Waals surface area (Å²) in [5, 5.41) is 11.7. The van der Waals surface area contributed by atoms with Crippen LogP contribution in [0, 0.1) is 18.3 Å². The molecule has 3 rings (SSSR count). The lowest BCUT2D eigenvalue weighted by Crippen LogP contribution is -2.18. The minimum atomic E-state index is -0.310. The molecule has 5 nitrogen and oxygen atoms in total. The van der Waals surface area contributed by atoms with Crippen LogP contribution in [0.2, 0.25) is 0 Å². The number of amides is 1. The Morgan fingerprint density at radius 1 is 1.11 bits per heavy atom. The van der Waals surface area contributed by atoms with Gasteiger partial charge in [-0.05, 0) is 61.9 Å². The third kappa shape index (κ3) is 4.31. The predicted octanol–water partition coefficient (Wildman–Crippen LogP) is 4.67. The van der Waals surface area contributed by atoms with Gasteiger partial charge in [0.25, 0.3) is 5.91 Å². The first-order valence-corrected chi connectivity index (χ1v) is 8.72. The van der Waals surface area contributed by atoms with Crippen LogP contribution < -0.4 is 10.2 Å². The summed E-state index contributed by atoms with van der Waals surface area (Å²) in [6.45, 7) is 4.92. The molecule has 0 saturated carbocycles. The van der Waals surface area contributed by atoms with Gasteiger partial charge in [0, 0.05) is 17.9 Å². The van der Waals surface area contributed by atoms with Gasteiger partial charge in [0.15, 0.2) is 0 Å². The van der Waals surface area contributed by atoms with Gasteiger partial charge >= 0.3 is 0 Å². The third-order valence-corrected chi connectivity index (χ3v) is 4.17. The summed E-state index contributed by atoms with van der Waals surface area (Å²) in [6, 6.07) is 20.7. The van der Waals surface area contributed by atoms with Crippen LogP contribution in [0.5, 0.6) is 0 Å². The number of hydrogen-bond acceptors (Lipinski definition) is 4.